The van der Waals surface area contributed by atoms with Gasteiger partial charge in [0.25, 0.3) is 0 Å². The fourth-order valence-corrected chi connectivity index (χ4v) is 3.26. The number of fused-ring (bicyclic) bond motifs is 1. The second kappa shape index (κ2) is 6.29. The lowest BCUT2D eigenvalue weighted by Crippen LogP contribution is -2.52. The smallest absolute Gasteiger partial charge is 0.382 e. The van der Waals surface area contributed by atoms with Crippen molar-refractivity contribution in [2.75, 3.05) is 11.4 Å². The molecule has 1 saturated heterocycles. The van der Waals surface area contributed by atoms with Gasteiger partial charge in [0.05, 0.1) is 6.04 Å². The first kappa shape index (κ1) is 16.5. The van der Waals surface area contributed by atoms with Crippen LogP contribution in [-0.2, 0) is 0 Å². The van der Waals surface area contributed by atoms with E-state index in [-0.39, 0.29) is 5.69 Å². The SMILES string of the molecule is N#Cc1nccc2cc(N3CCCC[C@@H]3[C@H](O)C(F)(F)F)ccc12. The molecule has 1 aliphatic rings. The second-order valence-corrected chi connectivity index (χ2v) is 5.92. The van der Waals surface area contributed by atoms with Crippen LogP contribution in [0.15, 0.2) is 30.5 Å². The third-order valence-electron chi connectivity index (χ3n) is 4.43. The molecule has 1 aromatic carbocycles. The first-order valence-corrected chi connectivity index (χ1v) is 7.72. The van der Waals surface area contributed by atoms with E-state index >= 15 is 0 Å². The van der Waals surface area contributed by atoms with Gasteiger partial charge in [0.15, 0.2) is 6.10 Å². The van der Waals surface area contributed by atoms with Crippen LogP contribution in [0.1, 0.15) is 25.0 Å². The van der Waals surface area contributed by atoms with E-state index in [1.54, 1.807) is 29.2 Å². The average molecular weight is 335 g/mol. The highest BCUT2D eigenvalue weighted by Crippen LogP contribution is 2.34. The van der Waals surface area contributed by atoms with E-state index in [0.717, 1.165) is 11.8 Å². The number of anilines is 1. The summed E-state index contributed by atoms with van der Waals surface area (Å²) >= 11 is 0. The number of aliphatic hydroxyl groups is 1. The van der Waals surface area contributed by atoms with Gasteiger partial charge in [-0.3, -0.25) is 0 Å². The van der Waals surface area contributed by atoms with Crippen molar-refractivity contribution >= 4 is 16.5 Å². The number of nitrogens with zero attached hydrogens (tertiary/aromatic N) is 3. The predicted octanol–water partition coefficient (Wildman–Crippen LogP) is 3.39. The summed E-state index contributed by atoms with van der Waals surface area (Å²) in [4.78, 5) is 5.60. The Morgan fingerprint density at radius 1 is 1.29 bits per heavy atom. The van der Waals surface area contributed by atoms with Crippen molar-refractivity contribution < 1.29 is 18.3 Å². The summed E-state index contributed by atoms with van der Waals surface area (Å²) in [5.41, 5.74) is 0.898. The standard InChI is InChI=1S/C17H16F3N3O/c18-17(19,20)16(24)15-3-1-2-8-23(15)12-4-5-13-11(9-12)6-7-22-14(13)10-21/h4-7,9,15-16,24H,1-3,8H2/t15-,16+/m1/s1. The minimum Gasteiger partial charge on any atom is -0.382 e. The second-order valence-electron chi connectivity index (χ2n) is 5.92. The number of alkyl halides is 3. The highest BCUT2D eigenvalue weighted by molar-refractivity contribution is 5.89. The number of nitriles is 1. The van der Waals surface area contributed by atoms with Crippen molar-refractivity contribution in [3.63, 3.8) is 0 Å². The molecular weight excluding hydrogens is 319 g/mol. The fourth-order valence-electron chi connectivity index (χ4n) is 3.26. The molecule has 0 radical (unpaired) electrons. The molecule has 7 heteroatoms. The van der Waals surface area contributed by atoms with Gasteiger partial charge in [0, 0.05) is 23.8 Å². The number of aliphatic hydroxyl groups excluding tert-OH is 1. The van der Waals surface area contributed by atoms with Gasteiger partial charge in [-0.15, -0.1) is 0 Å². The van der Waals surface area contributed by atoms with Gasteiger partial charge >= 0.3 is 6.18 Å². The molecule has 0 amide bonds. The van der Waals surface area contributed by atoms with Crippen molar-refractivity contribution in [1.82, 2.24) is 4.98 Å². The van der Waals surface area contributed by atoms with Crippen molar-refractivity contribution in [1.29, 1.82) is 5.26 Å². The Bertz CT molecular complexity index is 785. The number of aromatic nitrogens is 1. The first-order chi connectivity index (χ1) is 11.4. The normalized spacial score (nSPS) is 20.0. The summed E-state index contributed by atoms with van der Waals surface area (Å²) in [6.45, 7) is 0.458. The summed E-state index contributed by atoms with van der Waals surface area (Å²) in [6.07, 6.45) is -3.79. The monoisotopic (exact) mass is 335 g/mol. The lowest BCUT2D eigenvalue weighted by molar-refractivity contribution is -0.211. The zero-order valence-electron chi connectivity index (χ0n) is 12.8. The molecule has 2 atom stereocenters. The summed E-state index contributed by atoms with van der Waals surface area (Å²) < 4.78 is 38.9. The number of piperidine rings is 1. The van der Waals surface area contributed by atoms with E-state index < -0.39 is 18.3 Å². The van der Waals surface area contributed by atoms with Gasteiger partial charge < -0.3 is 10.0 Å². The minimum absolute atomic E-state index is 0.282. The molecule has 1 N–H and O–H groups in total. The summed E-state index contributed by atoms with van der Waals surface area (Å²) in [6, 6.07) is 7.86. The highest BCUT2D eigenvalue weighted by atomic mass is 19.4. The van der Waals surface area contributed by atoms with E-state index in [1.165, 1.54) is 6.20 Å². The Morgan fingerprint density at radius 3 is 2.79 bits per heavy atom. The van der Waals surface area contributed by atoms with E-state index in [2.05, 4.69) is 4.98 Å². The fraction of sp³-hybridized carbons (Fsp3) is 0.412. The molecule has 0 aliphatic carbocycles. The molecule has 2 heterocycles. The predicted molar refractivity (Wildman–Crippen MR) is 83.5 cm³/mol. The highest BCUT2D eigenvalue weighted by Gasteiger charge is 2.46. The van der Waals surface area contributed by atoms with Gasteiger partial charge in [-0.1, -0.05) is 0 Å². The number of hydrogen-bond donors (Lipinski definition) is 1. The Balaban J connectivity index is 1.99. The quantitative estimate of drug-likeness (QED) is 0.914. The zero-order valence-corrected chi connectivity index (χ0v) is 12.8. The molecule has 1 aromatic heterocycles. The zero-order chi connectivity index (χ0) is 17.3. The van der Waals surface area contributed by atoms with Crippen LogP contribution in [-0.4, -0.2) is 35.0 Å². The van der Waals surface area contributed by atoms with Gasteiger partial charge in [-0.25, -0.2) is 4.98 Å². The topological polar surface area (TPSA) is 60.2 Å². The van der Waals surface area contributed by atoms with E-state index in [9.17, 15) is 18.3 Å². The van der Waals surface area contributed by atoms with E-state index in [0.29, 0.717) is 30.5 Å². The first-order valence-electron chi connectivity index (χ1n) is 7.72. The molecular formula is C17H16F3N3O. The van der Waals surface area contributed by atoms with Crippen molar-refractivity contribution in [2.24, 2.45) is 0 Å². The summed E-state index contributed by atoms with van der Waals surface area (Å²) in [5, 5.41) is 20.2. The van der Waals surface area contributed by atoms with Crippen LogP contribution in [0.4, 0.5) is 18.9 Å². The Morgan fingerprint density at radius 2 is 2.08 bits per heavy atom. The third kappa shape index (κ3) is 3.02. The van der Waals surface area contributed by atoms with Crippen LogP contribution < -0.4 is 4.90 Å². The van der Waals surface area contributed by atoms with Gasteiger partial charge in [-0.2, -0.15) is 18.4 Å². The Hall–Kier alpha value is -2.33. The van der Waals surface area contributed by atoms with Crippen molar-refractivity contribution in [2.45, 2.75) is 37.6 Å². The van der Waals surface area contributed by atoms with Crippen LogP contribution in [0.2, 0.25) is 0 Å². The molecule has 0 bridgehead atoms. The lowest BCUT2D eigenvalue weighted by Gasteiger charge is -2.40. The average Bonchev–Trinajstić information content (AvgIpc) is 2.59. The molecule has 24 heavy (non-hydrogen) atoms. The summed E-state index contributed by atoms with van der Waals surface area (Å²) in [7, 11) is 0. The maximum Gasteiger partial charge on any atom is 0.416 e. The van der Waals surface area contributed by atoms with Crippen molar-refractivity contribution in [3.8, 4) is 6.07 Å². The molecule has 1 aliphatic heterocycles. The van der Waals surface area contributed by atoms with Crippen LogP contribution in [0.5, 0.6) is 0 Å². The number of benzene rings is 1. The molecule has 3 rings (SSSR count). The van der Waals surface area contributed by atoms with Crippen LogP contribution in [0, 0.1) is 11.3 Å². The minimum atomic E-state index is -4.64. The van der Waals surface area contributed by atoms with E-state index in [1.807, 2.05) is 6.07 Å². The Labute approximate surface area is 137 Å². The van der Waals surface area contributed by atoms with Gasteiger partial charge in [0.1, 0.15) is 11.8 Å². The number of halogens is 3. The van der Waals surface area contributed by atoms with Crippen LogP contribution in [0.25, 0.3) is 10.8 Å². The Kier molecular flexibility index (Phi) is 4.33. The molecule has 0 saturated carbocycles. The molecule has 4 nitrogen and oxygen atoms in total. The molecule has 1 fully saturated rings. The number of hydrogen-bond acceptors (Lipinski definition) is 4. The van der Waals surface area contributed by atoms with E-state index in [4.69, 9.17) is 5.26 Å². The molecule has 126 valence electrons. The lowest BCUT2D eigenvalue weighted by atomic mass is 9.95. The van der Waals surface area contributed by atoms with Crippen LogP contribution in [0.3, 0.4) is 0 Å². The van der Waals surface area contributed by atoms with Gasteiger partial charge in [-0.05, 0) is 48.9 Å². The molecule has 0 spiro atoms. The molecule has 2 aromatic rings. The maximum absolute atomic E-state index is 13.0. The van der Waals surface area contributed by atoms with Crippen molar-refractivity contribution in [3.05, 3.63) is 36.2 Å². The van der Waals surface area contributed by atoms with Crippen LogP contribution >= 0.6 is 0 Å². The number of rotatable bonds is 2. The largest absolute Gasteiger partial charge is 0.416 e. The number of pyridine rings is 1. The summed E-state index contributed by atoms with van der Waals surface area (Å²) in [5.74, 6) is 0. The van der Waals surface area contributed by atoms with Gasteiger partial charge in [0.2, 0.25) is 0 Å². The molecule has 0 unspecified atom stereocenters. The third-order valence-corrected chi connectivity index (χ3v) is 4.43. The maximum atomic E-state index is 13.0.